The summed E-state index contributed by atoms with van der Waals surface area (Å²) in [6.07, 6.45) is 0. The standard InChI is InChI=1S/C20H22N2O6S/c1-5-28-20(25)14-13(11-8-6-7-9-12(11)26-3)15(19(24)27-4)18-22(16(14)21)17(23)10(2)29-18/h6-10,13H,5,21H2,1-4H3/t10-,13+/m1/s1. The molecular weight excluding hydrogens is 396 g/mol. The van der Waals surface area contributed by atoms with Crippen LogP contribution in [0.3, 0.4) is 0 Å². The third kappa shape index (κ3) is 3.35. The van der Waals surface area contributed by atoms with Crippen LogP contribution in [-0.2, 0) is 23.9 Å². The quantitative estimate of drug-likeness (QED) is 0.722. The molecule has 2 heterocycles. The Morgan fingerprint density at radius 3 is 2.48 bits per heavy atom. The molecule has 2 atom stereocenters. The van der Waals surface area contributed by atoms with Crippen LogP contribution in [0.1, 0.15) is 25.3 Å². The first-order valence-electron chi connectivity index (χ1n) is 9.00. The molecule has 2 aliphatic heterocycles. The molecule has 0 aromatic heterocycles. The van der Waals surface area contributed by atoms with Gasteiger partial charge < -0.3 is 19.9 Å². The average molecular weight is 418 g/mol. The Morgan fingerprint density at radius 2 is 1.86 bits per heavy atom. The molecule has 3 rings (SSSR count). The van der Waals surface area contributed by atoms with Gasteiger partial charge in [-0.1, -0.05) is 30.0 Å². The van der Waals surface area contributed by atoms with Crippen molar-refractivity contribution in [1.82, 2.24) is 4.90 Å². The number of benzene rings is 1. The molecule has 0 aliphatic carbocycles. The summed E-state index contributed by atoms with van der Waals surface area (Å²) < 4.78 is 15.7. The van der Waals surface area contributed by atoms with Gasteiger partial charge in [0, 0.05) is 5.56 Å². The summed E-state index contributed by atoms with van der Waals surface area (Å²) in [6.45, 7) is 3.48. The predicted molar refractivity (Wildman–Crippen MR) is 107 cm³/mol. The minimum atomic E-state index is -0.908. The van der Waals surface area contributed by atoms with E-state index in [1.807, 2.05) is 0 Å². The predicted octanol–water partition coefficient (Wildman–Crippen LogP) is 1.87. The lowest BCUT2D eigenvalue weighted by Gasteiger charge is -2.33. The second-order valence-corrected chi connectivity index (χ2v) is 7.67. The minimum absolute atomic E-state index is 0.00329. The molecule has 0 radical (unpaired) electrons. The second kappa shape index (κ2) is 8.20. The van der Waals surface area contributed by atoms with Gasteiger partial charge in [0.25, 0.3) is 0 Å². The Labute approximate surface area is 172 Å². The third-order valence-corrected chi connectivity index (χ3v) is 5.92. The largest absolute Gasteiger partial charge is 0.496 e. The van der Waals surface area contributed by atoms with Crippen LogP contribution in [0.4, 0.5) is 0 Å². The van der Waals surface area contributed by atoms with Crippen molar-refractivity contribution in [1.29, 1.82) is 0 Å². The minimum Gasteiger partial charge on any atom is -0.496 e. The van der Waals surface area contributed by atoms with Gasteiger partial charge in [0.15, 0.2) is 0 Å². The van der Waals surface area contributed by atoms with Crippen molar-refractivity contribution >= 4 is 29.6 Å². The first-order chi connectivity index (χ1) is 13.9. The molecule has 1 amide bonds. The SMILES string of the molecule is CCOC(=O)C1=C(N)N2C(=O)[C@@H](C)SC2=C(C(=O)OC)[C@H]1c1ccccc1OC. The average Bonchev–Trinajstić information content (AvgIpc) is 3.01. The molecule has 8 nitrogen and oxygen atoms in total. The summed E-state index contributed by atoms with van der Waals surface area (Å²) in [5.41, 5.74) is 7.01. The molecule has 2 aliphatic rings. The molecule has 0 bridgehead atoms. The Kier molecular flexibility index (Phi) is 5.88. The number of thioether (sulfide) groups is 1. The van der Waals surface area contributed by atoms with Gasteiger partial charge in [-0.3, -0.25) is 9.69 Å². The van der Waals surface area contributed by atoms with E-state index in [0.717, 1.165) is 0 Å². The van der Waals surface area contributed by atoms with E-state index < -0.39 is 23.1 Å². The molecule has 154 valence electrons. The van der Waals surface area contributed by atoms with Crippen LogP contribution in [0.5, 0.6) is 5.75 Å². The highest BCUT2D eigenvalue weighted by Crippen LogP contribution is 2.51. The fourth-order valence-electron chi connectivity index (χ4n) is 3.46. The van der Waals surface area contributed by atoms with E-state index in [9.17, 15) is 14.4 Å². The molecule has 1 saturated heterocycles. The second-order valence-electron chi connectivity index (χ2n) is 6.34. The zero-order valence-electron chi connectivity index (χ0n) is 16.6. The van der Waals surface area contributed by atoms with E-state index in [-0.39, 0.29) is 29.5 Å². The summed E-state index contributed by atoms with van der Waals surface area (Å²) >= 11 is 1.20. The van der Waals surface area contributed by atoms with Gasteiger partial charge in [-0.05, 0) is 19.9 Å². The fraction of sp³-hybridized carbons (Fsp3) is 0.350. The highest BCUT2D eigenvalue weighted by molar-refractivity contribution is 8.04. The number of esters is 2. The van der Waals surface area contributed by atoms with Crippen molar-refractivity contribution in [2.24, 2.45) is 5.73 Å². The lowest BCUT2D eigenvalue weighted by Crippen LogP contribution is -2.40. The van der Waals surface area contributed by atoms with Gasteiger partial charge in [-0.15, -0.1) is 0 Å². The van der Waals surface area contributed by atoms with Gasteiger partial charge in [-0.25, -0.2) is 9.59 Å². The number of nitrogens with zero attached hydrogens (tertiary/aromatic N) is 1. The summed E-state index contributed by atoms with van der Waals surface area (Å²) in [7, 11) is 2.74. The number of para-hydroxylation sites is 1. The summed E-state index contributed by atoms with van der Waals surface area (Å²) in [5, 5.41) is -0.112. The first-order valence-corrected chi connectivity index (χ1v) is 9.88. The van der Waals surface area contributed by atoms with Gasteiger partial charge in [-0.2, -0.15) is 0 Å². The maximum Gasteiger partial charge on any atom is 0.338 e. The van der Waals surface area contributed by atoms with Crippen LogP contribution in [0, 0.1) is 0 Å². The van der Waals surface area contributed by atoms with Gasteiger partial charge in [0.2, 0.25) is 5.91 Å². The molecule has 0 spiro atoms. The van der Waals surface area contributed by atoms with Crippen molar-refractivity contribution in [3.63, 3.8) is 0 Å². The summed E-state index contributed by atoms with van der Waals surface area (Å²) in [5.74, 6) is -2.18. The smallest absolute Gasteiger partial charge is 0.338 e. The maximum absolute atomic E-state index is 12.9. The van der Waals surface area contributed by atoms with Gasteiger partial charge >= 0.3 is 11.9 Å². The van der Waals surface area contributed by atoms with Crippen LogP contribution < -0.4 is 10.5 Å². The van der Waals surface area contributed by atoms with E-state index >= 15 is 0 Å². The van der Waals surface area contributed by atoms with Crippen molar-refractivity contribution in [3.8, 4) is 5.75 Å². The fourth-order valence-corrected chi connectivity index (χ4v) is 4.63. The van der Waals surface area contributed by atoms with Crippen molar-refractivity contribution in [3.05, 3.63) is 51.8 Å². The lowest BCUT2D eigenvalue weighted by atomic mass is 9.82. The molecule has 2 N–H and O–H groups in total. The Morgan fingerprint density at radius 1 is 1.17 bits per heavy atom. The van der Waals surface area contributed by atoms with Crippen molar-refractivity contribution < 1.29 is 28.6 Å². The molecule has 1 fully saturated rings. The van der Waals surface area contributed by atoms with Crippen LogP contribution in [0.2, 0.25) is 0 Å². The van der Waals surface area contributed by atoms with Crippen LogP contribution in [-0.4, -0.2) is 48.8 Å². The Balaban J connectivity index is 2.35. The molecule has 1 aromatic rings. The van der Waals surface area contributed by atoms with Crippen LogP contribution in [0.25, 0.3) is 0 Å². The number of amides is 1. The maximum atomic E-state index is 12.9. The Bertz CT molecular complexity index is 939. The van der Waals surface area contributed by atoms with Gasteiger partial charge in [0.05, 0.1) is 48.2 Å². The van der Waals surface area contributed by atoms with Crippen molar-refractivity contribution in [2.45, 2.75) is 25.0 Å². The number of carbonyl (C=O) groups is 3. The third-order valence-electron chi connectivity index (χ3n) is 4.73. The van der Waals surface area contributed by atoms with E-state index in [4.69, 9.17) is 19.9 Å². The molecule has 9 heteroatoms. The van der Waals surface area contributed by atoms with Crippen molar-refractivity contribution in [2.75, 3.05) is 20.8 Å². The molecule has 29 heavy (non-hydrogen) atoms. The number of nitrogens with two attached hydrogens (primary N) is 1. The number of fused-ring (bicyclic) bond motifs is 1. The van der Waals surface area contributed by atoms with E-state index in [1.165, 1.54) is 30.9 Å². The number of ether oxygens (including phenoxy) is 3. The highest BCUT2D eigenvalue weighted by Gasteiger charge is 2.49. The highest BCUT2D eigenvalue weighted by atomic mass is 32.2. The normalized spacial score (nSPS) is 21.2. The molecule has 0 saturated carbocycles. The zero-order valence-corrected chi connectivity index (χ0v) is 17.4. The van der Waals surface area contributed by atoms with E-state index in [1.54, 1.807) is 38.1 Å². The van der Waals surface area contributed by atoms with E-state index in [2.05, 4.69) is 0 Å². The van der Waals surface area contributed by atoms with Crippen LogP contribution >= 0.6 is 11.8 Å². The molecular formula is C20H22N2O6S. The van der Waals surface area contributed by atoms with Gasteiger partial charge in [0.1, 0.15) is 11.6 Å². The number of hydrogen-bond acceptors (Lipinski definition) is 8. The number of methoxy groups -OCH3 is 2. The van der Waals surface area contributed by atoms with E-state index in [0.29, 0.717) is 16.3 Å². The zero-order chi connectivity index (χ0) is 21.3. The number of rotatable bonds is 5. The monoisotopic (exact) mass is 418 g/mol. The summed E-state index contributed by atoms with van der Waals surface area (Å²) in [4.78, 5) is 39.7. The Hall–Kier alpha value is -2.94. The number of hydrogen-bond donors (Lipinski definition) is 1. The summed E-state index contributed by atoms with van der Waals surface area (Å²) in [6, 6.07) is 6.99. The number of carbonyl (C=O) groups excluding carboxylic acids is 3. The van der Waals surface area contributed by atoms with Crippen LogP contribution in [0.15, 0.2) is 46.3 Å². The molecule has 1 aromatic carbocycles. The first kappa shape index (κ1) is 20.8. The molecule has 0 unspecified atom stereocenters. The lowest BCUT2D eigenvalue weighted by molar-refractivity contribution is -0.139. The topological polar surface area (TPSA) is 108 Å².